The van der Waals surface area contributed by atoms with Crippen molar-refractivity contribution in [3.8, 4) is 5.88 Å². The molecule has 17 heavy (non-hydrogen) atoms. The Morgan fingerprint density at radius 1 is 1.41 bits per heavy atom. The maximum Gasteiger partial charge on any atom is 0.574 e. The minimum absolute atomic E-state index is 0.0224. The number of rotatable bonds is 3. The van der Waals surface area contributed by atoms with Gasteiger partial charge in [0.2, 0.25) is 5.88 Å². The number of carbonyl (C=O) groups is 1. The van der Waals surface area contributed by atoms with E-state index in [4.69, 9.17) is 0 Å². The van der Waals surface area contributed by atoms with E-state index >= 15 is 0 Å². The van der Waals surface area contributed by atoms with Gasteiger partial charge in [0.15, 0.2) is 6.29 Å². The van der Waals surface area contributed by atoms with Gasteiger partial charge in [0, 0.05) is 11.6 Å². The predicted molar refractivity (Wildman–Crippen MR) is 54.0 cm³/mol. The van der Waals surface area contributed by atoms with Crippen molar-refractivity contribution in [1.82, 2.24) is 4.98 Å². The molecule has 1 aromatic rings. The van der Waals surface area contributed by atoms with Crippen molar-refractivity contribution in [2.75, 3.05) is 0 Å². The van der Waals surface area contributed by atoms with Crippen LogP contribution >= 0.6 is 22.6 Å². The van der Waals surface area contributed by atoms with Crippen LogP contribution in [0.15, 0.2) is 6.07 Å². The molecular weight excluding hydrogens is 364 g/mol. The molecule has 1 aromatic heterocycles. The Hall–Kier alpha value is -1.00. The molecule has 0 spiro atoms. The molecule has 0 aliphatic heterocycles. The number of nitrogens with zero attached hydrogens (tertiary/aromatic N) is 1. The number of aromatic nitrogens is 1. The molecule has 9 heteroatoms. The van der Waals surface area contributed by atoms with Crippen LogP contribution in [-0.4, -0.2) is 17.6 Å². The molecule has 0 saturated heterocycles. The fraction of sp³-hybridized carbons (Fsp3) is 0.250. The minimum Gasteiger partial charge on any atom is -0.388 e. The number of ether oxygens (including phenoxy) is 1. The van der Waals surface area contributed by atoms with Crippen LogP contribution in [0.25, 0.3) is 0 Å². The summed E-state index contributed by atoms with van der Waals surface area (Å²) in [6, 6.07) is 0.518. The van der Waals surface area contributed by atoms with E-state index in [9.17, 15) is 26.7 Å². The smallest absolute Gasteiger partial charge is 0.388 e. The maximum atomic E-state index is 12.5. The summed E-state index contributed by atoms with van der Waals surface area (Å²) in [7, 11) is 0. The molecule has 1 rings (SSSR count). The molecule has 0 amide bonds. The highest BCUT2D eigenvalue weighted by atomic mass is 127. The number of carbonyl (C=O) groups excluding carboxylic acids is 1. The van der Waals surface area contributed by atoms with E-state index in [2.05, 4.69) is 9.72 Å². The molecule has 0 fully saturated rings. The van der Waals surface area contributed by atoms with Gasteiger partial charge in [0.1, 0.15) is 3.70 Å². The lowest BCUT2D eigenvalue weighted by molar-refractivity contribution is -0.276. The Bertz CT molecular complexity index is 435. The number of pyridine rings is 1. The number of hydrogen-bond acceptors (Lipinski definition) is 3. The Morgan fingerprint density at radius 3 is 2.41 bits per heavy atom. The zero-order valence-electron chi connectivity index (χ0n) is 7.76. The summed E-state index contributed by atoms with van der Waals surface area (Å²) in [6.45, 7) is 0. The first-order valence-electron chi connectivity index (χ1n) is 3.94. The summed E-state index contributed by atoms with van der Waals surface area (Å²) in [5.41, 5.74) is -1.30. The van der Waals surface area contributed by atoms with E-state index in [0.29, 0.717) is 6.07 Å². The SMILES string of the molecule is O=Cc1cc(OC(F)(F)F)nc(I)c1C(F)F. The third kappa shape index (κ3) is 3.75. The summed E-state index contributed by atoms with van der Waals surface area (Å²) >= 11 is 1.30. The van der Waals surface area contributed by atoms with Crippen molar-refractivity contribution in [2.24, 2.45) is 0 Å². The lowest BCUT2D eigenvalue weighted by Crippen LogP contribution is -2.18. The van der Waals surface area contributed by atoms with Crippen LogP contribution in [-0.2, 0) is 0 Å². The predicted octanol–water partition coefficient (Wildman–Crippen LogP) is 3.33. The second-order valence-electron chi connectivity index (χ2n) is 2.72. The van der Waals surface area contributed by atoms with Crippen molar-refractivity contribution in [3.05, 3.63) is 20.9 Å². The highest BCUT2D eigenvalue weighted by molar-refractivity contribution is 14.1. The topological polar surface area (TPSA) is 39.2 Å². The first-order chi connectivity index (χ1) is 7.74. The van der Waals surface area contributed by atoms with Crippen LogP contribution < -0.4 is 4.74 Å². The van der Waals surface area contributed by atoms with Gasteiger partial charge in [-0.2, -0.15) is 0 Å². The third-order valence-corrected chi connectivity index (χ3v) is 2.41. The minimum atomic E-state index is -5.00. The maximum absolute atomic E-state index is 12.5. The van der Waals surface area contributed by atoms with E-state index in [1.165, 1.54) is 22.6 Å². The molecular formula is C8H3F5INO2. The third-order valence-electron chi connectivity index (χ3n) is 1.59. The molecule has 0 aliphatic rings. The van der Waals surface area contributed by atoms with Crippen LogP contribution in [0, 0.1) is 3.70 Å². The van der Waals surface area contributed by atoms with Crippen molar-refractivity contribution in [2.45, 2.75) is 12.8 Å². The van der Waals surface area contributed by atoms with Crippen LogP contribution in [0.5, 0.6) is 5.88 Å². The van der Waals surface area contributed by atoms with E-state index in [-0.39, 0.29) is 6.29 Å². The van der Waals surface area contributed by atoms with Gasteiger partial charge in [-0.1, -0.05) is 0 Å². The molecule has 1 heterocycles. The van der Waals surface area contributed by atoms with Gasteiger partial charge in [-0.15, -0.1) is 13.2 Å². The lowest BCUT2D eigenvalue weighted by atomic mass is 10.1. The largest absolute Gasteiger partial charge is 0.574 e. The zero-order chi connectivity index (χ0) is 13.2. The average molecular weight is 367 g/mol. The van der Waals surface area contributed by atoms with Crippen molar-refractivity contribution >= 4 is 28.9 Å². The summed E-state index contributed by atoms with van der Waals surface area (Å²) < 4.78 is 63.6. The summed E-state index contributed by atoms with van der Waals surface area (Å²) in [4.78, 5) is 13.7. The fourth-order valence-electron chi connectivity index (χ4n) is 1.00. The highest BCUT2D eigenvalue weighted by Crippen LogP contribution is 2.30. The van der Waals surface area contributed by atoms with E-state index in [1.807, 2.05) is 0 Å². The quantitative estimate of drug-likeness (QED) is 0.356. The fourth-order valence-corrected chi connectivity index (χ4v) is 1.79. The Kier molecular flexibility index (Phi) is 4.22. The average Bonchev–Trinajstić information content (AvgIpc) is 2.12. The normalized spacial score (nSPS) is 11.7. The number of aldehydes is 1. The Balaban J connectivity index is 3.23. The van der Waals surface area contributed by atoms with E-state index < -0.39 is 33.5 Å². The second-order valence-corrected chi connectivity index (χ2v) is 3.74. The van der Waals surface area contributed by atoms with Gasteiger partial charge < -0.3 is 4.74 Å². The van der Waals surface area contributed by atoms with Gasteiger partial charge >= 0.3 is 6.36 Å². The van der Waals surface area contributed by atoms with Gasteiger partial charge in [0.25, 0.3) is 6.43 Å². The molecule has 0 atom stereocenters. The van der Waals surface area contributed by atoms with E-state index in [0.717, 1.165) is 0 Å². The molecule has 0 bridgehead atoms. The Labute approximate surface area is 105 Å². The van der Waals surface area contributed by atoms with E-state index in [1.54, 1.807) is 0 Å². The zero-order valence-corrected chi connectivity index (χ0v) is 9.92. The van der Waals surface area contributed by atoms with Crippen molar-refractivity contribution in [1.29, 1.82) is 0 Å². The van der Waals surface area contributed by atoms with Crippen molar-refractivity contribution < 1.29 is 31.5 Å². The molecule has 3 nitrogen and oxygen atoms in total. The van der Waals surface area contributed by atoms with Gasteiger partial charge in [-0.05, 0) is 22.6 Å². The number of hydrogen-bond donors (Lipinski definition) is 0. The Morgan fingerprint density at radius 2 is 2.00 bits per heavy atom. The van der Waals surface area contributed by atoms with Crippen LogP contribution in [0.4, 0.5) is 22.0 Å². The lowest BCUT2D eigenvalue weighted by Gasteiger charge is -2.11. The number of alkyl halides is 5. The van der Waals surface area contributed by atoms with Crippen LogP contribution in [0.2, 0.25) is 0 Å². The monoisotopic (exact) mass is 367 g/mol. The number of halogens is 6. The summed E-state index contributed by atoms with van der Waals surface area (Å²) in [5.74, 6) is -0.951. The standard InChI is InChI=1S/C8H3F5INO2/c9-6(10)5-3(2-16)1-4(15-7(5)14)17-8(11,12)13/h1-2,6H. The molecule has 94 valence electrons. The highest BCUT2D eigenvalue weighted by Gasteiger charge is 2.32. The molecule has 0 aliphatic carbocycles. The first kappa shape index (κ1) is 14.1. The van der Waals surface area contributed by atoms with Gasteiger partial charge in [-0.25, -0.2) is 13.8 Å². The first-order valence-corrected chi connectivity index (χ1v) is 5.02. The van der Waals surface area contributed by atoms with Crippen LogP contribution in [0.1, 0.15) is 22.3 Å². The molecule has 0 saturated carbocycles. The van der Waals surface area contributed by atoms with Gasteiger partial charge in [0.05, 0.1) is 5.56 Å². The van der Waals surface area contributed by atoms with Crippen molar-refractivity contribution in [3.63, 3.8) is 0 Å². The molecule has 0 unspecified atom stereocenters. The second kappa shape index (κ2) is 5.10. The molecule has 0 radical (unpaired) electrons. The molecule has 0 N–H and O–H groups in total. The van der Waals surface area contributed by atoms with Gasteiger partial charge in [-0.3, -0.25) is 4.79 Å². The van der Waals surface area contributed by atoms with Crippen LogP contribution in [0.3, 0.4) is 0 Å². The summed E-state index contributed by atoms with van der Waals surface area (Å²) in [6.07, 6.45) is -7.98. The molecule has 0 aromatic carbocycles. The summed E-state index contributed by atoms with van der Waals surface area (Å²) in [5, 5.41) is 0.